The van der Waals surface area contributed by atoms with E-state index in [1.807, 2.05) is 42.6 Å². The van der Waals surface area contributed by atoms with Crippen LogP contribution in [0.15, 0.2) is 54.7 Å². The molecule has 0 radical (unpaired) electrons. The molecule has 2 bridgehead atoms. The molecule has 0 spiro atoms. The van der Waals surface area contributed by atoms with Crippen molar-refractivity contribution in [2.24, 2.45) is 11.8 Å². The molecule has 5 heterocycles. The molecule has 4 aliphatic heterocycles. The van der Waals surface area contributed by atoms with Gasteiger partial charge in [0.1, 0.15) is 5.82 Å². The highest BCUT2D eigenvalue weighted by Gasteiger charge is 2.40. The zero-order valence-corrected chi connectivity index (χ0v) is 18.2. The molecule has 1 unspecified atom stereocenters. The van der Waals surface area contributed by atoms with Gasteiger partial charge in [0.2, 0.25) is 0 Å². The molecular weight excluding hydrogens is 386 g/mol. The number of carbonyl (C=O) groups excluding carboxylic acids is 1. The highest BCUT2D eigenvalue weighted by molar-refractivity contribution is 5.94. The summed E-state index contributed by atoms with van der Waals surface area (Å²) in [5.74, 6) is 2.70. The van der Waals surface area contributed by atoms with Crippen LogP contribution in [0.25, 0.3) is 0 Å². The second kappa shape index (κ2) is 9.37. The normalized spacial score (nSPS) is 28.5. The molecule has 4 atom stereocenters. The third-order valence-electron chi connectivity index (χ3n) is 7.39. The largest absolute Gasteiger partial charge is 0.354 e. The van der Waals surface area contributed by atoms with Crippen molar-refractivity contribution < 1.29 is 4.79 Å². The van der Waals surface area contributed by atoms with E-state index in [2.05, 4.69) is 37.1 Å². The minimum atomic E-state index is 0.0468. The second-order valence-corrected chi connectivity index (χ2v) is 9.24. The van der Waals surface area contributed by atoms with Crippen LogP contribution in [0, 0.1) is 11.8 Å². The van der Waals surface area contributed by atoms with Crippen molar-refractivity contribution in [2.75, 3.05) is 57.3 Å². The fourth-order valence-electron chi connectivity index (χ4n) is 5.60. The summed E-state index contributed by atoms with van der Waals surface area (Å²) in [4.78, 5) is 24.6. The molecule has 1 amide bonds. The number of pyridine rings is 1. The first kappa shape index (κ1) is 20.5. The Kier molecular flexibility index (Phi) is 6.18. The monoisotopic (exact) mass is 419 g/mol. The topological polar surface area (TPSA) is 51.7 Å². The molecule has 4 aliphatic rings. The lowest BCUT2D eigenvalue weighted by atomic mass is 9.75. The quantitative estimate of drug-likeness (QED) is 0.779. The molecule has 6 heteroatoms. The molecule has 1 aromatic heterocycles. The Morgan fingerprint density at radius 2 is 1.81 bits per heavy atom. The number of nitrogens with one attached hydrogen (secondary N) is 1. The standard InChI is InChI=1S/C25H33N5O/c31-25(20-6-2-1-3-7-20)27-17-23-16-21-9-11-30(23)19-22(21)18-28-12-14-29(15-13-28)24-8-4-5-10-26-24/h1-8,10,21-23H,9,11-19H2,(H,27,31)/t21-,22+,23+/m1/s1. The molecule has 1 N–H and O–H groups in total. The van der Waals surface area contributed by atoms with Crippen molar-refractivity contribution in [3.8, 4) is 0 Å². The van der Waals surface area contributed by atoms with Crippen LogP contribution < -0.4 is 10.2 Å². The number of carbonyl (C=O) groups is 1. The number of rotatable bonds is 6. The van der Waals surface area contributed by atoms with Crippen LogP contribution >= 0.6 is 0 Å². The number of hydrogen-bond donors (Lipinski definition) is 1. The lowest BCUT2D eigenvalue weighted by Gasteiger charge is -2.51. The van der Waals surface area contributed by atoms with Crippen LogP contribution in [0.4, 0.5) is 5.82 Å². The van der Waals surface area contributed by atoms with Crippen molar-refractivity contribution in [1.82, 2.24) is 20.1 Å². The van der Waals surface area contributed by atoms with Gasteiger partial charge in [0.25, 0.3) is 5.91 Å². The van der Waals surface area contributed by atoms with E-state index in [0.717, 1.165) is 55.9 Å². The number of aromatic nitrogens is 1. The lowest BCUT2D eigenvalue weighted by Crippen LogP contribution is -2.59. The van der Waals surface area contributed by atoms with E-state index >= 15 is 0 Å². The van der Waals surface area contributed by atoms with E-state index in [4.69, 9.17) is 0 Å². The zero-order valence-electron chi connectivity index (χ0n) is 18.2. The summed E-state index contributed by atoms with van der Waals surface area (Å²) in [6, 6.07) is 16.2. The van der Waals surface area contributed by atoms with Crippen molar-refractivity contribution in [3.63, 3.8) is 0 Å². The summed E-state index contributed by atoms with van der Waals surface area (Å²) in [6.07, 6.45) is 4.41. The van der Waals surface area contributed by atoms with Crippen molar-refractivity contribution in [1.29, 1.82) is 0 Å². The van der Waals surface area contributed by atoms with Gasteiger partial charge in [-0.2, -0.15) is 0 Å². The van der Waals surface area contributed by atoms with Gasteiger partial charge in [-0.3, -0.25) is 14.6 Å². The van der Waals surface area contributed by atoms with E-state index < -0.39 is 0 Å². The van der Waals surface area contributed by atoms with Gasteiger partial charge in [-0.25, -0.2) is 4.98 Å². The number of anilines is 1. The van der Waals surface area contributed by atoms with Crippen molar-refractivity contribution in [2.45, 2.75) is 18.9 Å². The predicted molar refractivity (Wildman–Crippen MR) is 123 cm³/mol. The fraction of sp³-hybridized carbons (Fsp3) is 0.520. The van der Waals surface area contributed by atoms with Crippen LogP contribution in [-0.2, 0) is 0 Å². The van der Waals surface area contributed by atoms with Crippen molar-refractivity contribution in [3.05, 3.63) is 60.3 Å². The zero-order chi connectivity index (χ0) is 21.0. The van der Waals surface area contributed by atoms with E-state index in [0.29, 0.717) is 6.04 Å². The highest BCUT2D eigenvalue weighted by Crippen LogP contribution is 2.36. The summed E-state index contributed by atoms with van der Waals surface area (Å²) in [5, 5.41) is 3.17. The summed E-state index contributed by atoms with van der Waals surface area (Å²) < 4.78 is 0. The number of amides is 1. The summed E-state index contributed by atoms with van der Waals surface area (Å²) in [6.45, 7) is 8.70. The number of hydrogen-bond acceptors (Lipinski definition) is 5. The van der Waals surface area contributed by atoms with Gasteiger partial charge in [0.05, 0.1) is 0 Å². The maximum absolute atomic E-state index is 12.4. The molecule has 6 rings (SSSR count). The summed E-state index contributed by atoms with van der Waals surface area (Å²) in [7, 11) is 0. The number of piperidine rings is 3. The van der Waals surface area contributed by atoms with Gasteiger partial charge in [-0.15, -0.1) is 0 Å². The maximum atomic E-state index is 12.4. The highest BCUT2D eigenvalue weighted by atomic mass is 16.1. The average Bonchev–Trinajstić information content (AvgIpc) is 2.85. The molecule has 31 heavy (non-hydrogen) atoms. The van der Waals surface area contributed by atoms with Gasteiger partial charge in [0, 0.05) is 63.6 Å². The maximum Gasteiger partial charge on any atom is 0.251 e. The third-order valence-corrected chi connectivity index (χ3v) is 7.39. The Morgan fingerprint density at radius 3 is 2.52 bits per heavy atom. The van der Waals surface area contributed by atoms with Gasteiger partial charge < -0.3 is 10.2 Å². The predicted octanol–water partition coefficient (Wildman–Crippen LogP) is 2.34. The molecule has 164 valence electrons. The molecule has 4 fully saturated rings. The van der Waals surface area contributed by atoms with Crippen molar-refractivity contribution >= 4 is 11.7 Å². The van der Waals surface area contributed by atoms with E-state index in [1.54, 1.807) is 0 Å². The minimum absolute atomic E-state index is 0.0468. The Labute approximate surface area is 185 Å². The minimum Gasteiger partial charge on any atom is -0.354 e. The van der Waals surface area contributed by atoms with Crippen LogP contribution in [0.5, 0.6) is 0 Å². The first-order valence-corrected chi connectivity index (χ1v) is 11.7. The van der Waals surface area contributed by atoms with Crippen LogP contribution in [0.2, 0.25) is 0 Å². The van der Waals surface area contributed by atoms with Crippen LogP contribution in [-0.4, -0.2) is 79.1 Å². The first-order valence-electron chi connectivity index (χ1n) is 11.7. The Bertz CT molecular complexity index is 853. The van der Waals surface area contributed by atoms with Gasteiger partial charge in [-0.05, 0) is 55.5 Å². The molecule has 1 aromatic carbocycles. The van der Waals surface area contributed by atoms with Crippen LogP contribution in [0.3, 0.4) is 0 Å². The summed E-state index contributed by atoms with van der Waals surface area (Å²) >= 11 is 0. The Morgan fingerprint density at radius 1 is 1.00 bits per heavy atom. The Balaban J connectivity index is 1.09. The lowest BCUT2D eigenvalue weighted by molar-refractivity contribution is -0.0120. The number of benzene rings is 1. The molecule has 0 saturated carbocycles. The number of piperazine rings is 1. The molecule has 2 aromatic rings. The molecule has 6 nitrogen and oxygen atoms in total. The molecular formula is C25H33N5O. The second-order valence-electron chi connectivity index (χ2n) is 9.24. The van der Waals surface area contributed by atoms with Gasteiger partial charge >= 0.3 is 0 Å². The smallest absolute Gasteiger partial charge is 0.251 e. The third kappa shape index (κ3) is 4.75. The average molecular weight is 420 g/mol. The van der Waals surface area contributed by atoms with Crippen LogP contribution in [0.1, 0.15) is 23.2 Å². The van der Waals surface area contributed by atoms with E-state index in [1.165, 1.54) is 32.5 Å². The molecule has 0 aliphatic carbocycles. The number of nitrogens with zero attached hydrogens (tertiary/aromatic N) is 4. The fourth-order valence-corrected chi connectivity index (χ4v) is 5.60. The van der Waals surface area contributed by atoms with Gasteiger partial charge in [0.15, 0.2) is 0 Å². The van der Waals surface area contributed by atoms with E-state index in [9.17, 15) is 4.79 Å². The summed E-state index contributed by atoms with van der Waals surface area (Å²) in [5.41, 5.74) is 0.751. The van der Waals surface area contributed by atoms with E-state index in [-0.39, 0.29) is 5.91 Å². The van der Waals surface area contributed by atoms with Gasteiger partial charge in [-0.1, -0.05) is 24.3 Å². The molecule has 4 saturated heterocycles. The SMILES string of the molecule is O=C(NC[C@@H]1C[C@H]2CCN1C[C@@H]2CN1CCN(c2ccccn2)CC1)c1ccccc1. The number of fused-ring (bicyclic) bond motifs is 3. The Hall–Kier alpha value is -2.44. The first-order chi connectivity index (χ1) is 15.3.